The van der Waals surface area contributed by atoms with Gasteiger partial charge in [-0.15, -0.1) is 0 Å². The molecule has 0 radical (unpaired) electrons. The molecule has 2 aliphatic heterocycles. The number of methoxy groups -OCH3 is 1. The maximum absolute atomic E-state index is 13.3. The van der Waals surface area contributed by atoms with E-state index < -0.39 is 10.0 Å². The van der Waals surface area contributed by atoms with Crippen LogP contribution >= 0.6 is 0 Å². The zero-order chi connectivity index (χ0) is 20.9. The van der Waals surface area contributed by atoms with Crippen LogP contribution in [-0.2, 0) is 10.0 Å². The van der Waals surface area contributed by atoms with Crippen molar-refractivity contribution in [3.05, 3.63) is 40.8 Å². The van der Waals surface area contributed by atoms with Crippen molar-refractivity contribution >= 4 is 15.8 Å². The smallest absolute Gasteiger partial charge is 0.243 e. The van der Waals surface area contributed by atoms with Gasteiger partial charge in [0.1, 0.15) is 17.9 Å². The van der Waals surface area contributed by atoms with Crippen molar-refractivity contribution in [2.75, 3.05) is 38.2 Å². The lowest BCUT2D eigenvalue weighted by Crippen LogP contribution is -2.34. The average Bonchev–Trinajstić information content (AvgIpc) is 3.25. The summed E-state index contributed by atoms with van der Waals surface area (Å²) < 4.78 is 33.7. The van der Waals surface area contributed by atoms with Crippen LogP contribution in [0.1, 0.15) is 22.4 Å². The number of fused-ring (bicyclic) bond motifs is 1. The Morgan fingerprint density at radius 3 is 2.24 bits per heavy atom. The number of ether oxygens (including phenoxy) is 1. The van der Waals surface area contributed by atoms with Crippen LogP contribution in [0.2, 0.25) is 0 Å². The van der Waals surface area contributed by atoms with Crippen LogP contribution in [0.4, 0.5) is 5.82 Å². The summed E-state index contributed by atoms with van der Waals surface area (Å²) in [5.74, 6) is 2.33. The van der Waals surface area contributed by atoms with Gasteiger partial charge in [0.25, 0.3) is 0 Å². The number of sulfonamides is 1. The van der Waals surface area contributed by atoms with Crippen LogP contribution in [0.5, 0.6) is 5.75 Å². The number of aromatic nitrogens is 2. The van der Waals surface area contributed by atoms with Crippen LogP contribution in [0.3, 0.4) is 0 Å². The molecule has 2 aliphatic rings. The molecule has 2 atom stereocenters. The zero-order valence-corrected chi connectivity index (χ0v) is 18.5. The van der Waals surface area contributed by atoms with Gasteiger partial charge < -0.3 is 9.64 Å². The van der Waals surface area contributed by atoms with Gasteiger partial charge in [-0.25, -0.2) is 18.4 Å². The molecule has 7 nitrogen and oxygen atoms in total. The fourth-order valence-electron chi connectivity index (χ4n) is 4.56. The Kier molecular flexibility index (Phi) is 5.02. The van der Waals surface area contributed by atoms with Crippen molar-refractivity contribution < 1.29 is 13.2 Å². The van der Waals surface area contributed by atoms with E-state index in [4.69, 9.17) is 4.74 Å². The largest absolute Gasteiger partial charge is 0.496 e. The van der Waals surface area contributed by atoms with Crippen molar-refractivity contribution in [2.24, 2.45) is 11.8 Å². The summed E-state index contributed by atoms with van der Waals surface area (Å²) in [5.41, 5.74) is 3.64. The van der Waals surface area contributed by atoms with Crippen molar-refractivity contribution in [1.82, 2.24) is 14.3 Å². The molecule has 8 heteroatoms. The normalized spacial score (nSPS) is 22.2. The number of nitrogens with zero attached hydrogens (tertiary/aromatic N) is 4. The molecule has 29 heavy (non-hydrogen) atoms. The molecule has 2 aromatic rings. The minimum Gasteiger partial charge on any atom is -0.496 e. The fourth-order valence-corrected chi connectivity index (χ4v) is 6.41. The van der Waals surface area contributed by atoms with Gasteiger partial charge in [-0.05, 0) is 62.8 Å². The Balaban J connectivity index is 1.53. The van der Waals surface area contributed by atoms with E-state index in [2.05, 4.69) is 14.9 Å². The topological polar surface area (TPSA) is 75.6 Å². The van der Waals surface area contributed by atoms with Gasteiger partial charge in [-0.2, -0.15) is 4.31 Å². The lowest BCUT2D eigenvalue weighted by atomic mass is 10.0. The molecule has 4 rings (SSSR count). The van der Waals surface area contributed by atoms with Crippen LogP contribution in [-0.4, -0.2) is 56.0 Å². The third kappa shape index (κ3) is 3.38. The molecular weight excluding hydrogens is 388 g/mol. The van der Waals surface area contributed by atoms with Gasteiger partial charge in [0.05, 0.1) is 12.0 Å². The second-order valence-corrected chi connectivity index (χ2v) is 10.1. The van der Waals surface area contributed by atoms with E-state index >= 15 is 0 Å². The van der Waals surface area contributed by atoms with Gasteiger partial charge in [0, 0.05) is 37.4 Å². The van der Waals surface area contributed by atoms with Crippen molar-refractivity contribution in [3.8, 4) is 5.75 Å². The summed E-state index contributed by atoms with van der Waals surface area (Å²) in [4.78, 5) is 11.4. The Hall–Kier alpha value is -2.19. The quantitative estimate of drug-likeness (QED) is 0.762. The second-order valence-electron chi connectivity index (χ2n) is 8.24. The van der Waals surface area contributed by atoms with E-state index in [-0.39, 0.29) is 0 Å². The van der Waals surface area contributed by atoms with E-state index in [1.165, 1.54) is 0 Å². The third-order valence-electron chi connectivity index (χ3n) is 6.37. The summed E-state index contributed by atoms with van der Waals surface area (Å²) in [6.07, 6.45) is 1.61. The van der Waals surface area contributed by atoms with Crippen molar-refractivity contribution in [3.63, 3.8) is 0 Å². The predicted molar refractivity (Wildman–Crippen MR) is 112 cm³/mol. The molecule has 0 aliphatic carbocycles. The second kappa shape index (κ2) is 7.25. The van der Waals surface area contributed by atoms with E-state index in [1.807, 2.05) is 27.7 Å². The SMILES string of the molecule is COc1cc(C)c(S(=O)(=O)N2CC3CN(c4ncnc(C)c4C)CC3C2)cc1C. The first-order valence-corrected chi connectivity index (χ1v) is 11.3. The highest BCUT2D eigenvalue weighted by atomic mass is 32.2. The summed E-state index contributed by atoms with van der Waals surface area (Å²) in [7, 11) is -1.92. The lowest BCUT2D eigenvalue weighted by molar-refractivity contribution is 0.410. The highest BCUT2D eigenvalue weighted by Gasteiger charge is 2.45. The van der Waals surface area contributed by atoms with Crippen LogP contribution in [0.25, 0.3) is 0 Å². The van der Waals surface area contributed by atoms with Gasteiger partial charge in [0.15, 0.2) is 0 Å². The molecule has 0 saturated carbocycles. The molecule has 2 unspecified atom stereocenters. The van der Waals surface area contributed by atoms with Gasteiger partial charge in [-0.1, -0.05) is 0 Å². The van der Waals surface area contributed by atoms with Crippen molar-refractivity contribution in [2.45, 2.75) is 32.6 Å². The molecule has 2 fully saturated rings. The van der Waals surface area contributed by atoms with Crippen molar-refractivity contribution in [1.29, 1.82) is 0 Å². The Labute approximate surface area is 172 Å². The molecule has 0 N–H and O–H groups in total. The highest BCUT2D eigenvalue weighted by Crippen LogP contribution is 2.38. The average molecular weight is 417 g/mol. The summed E-state index contributed by atoms with van der Waals surface area (Å²) in [5, 5.41) is 0. The first-order valence-electron chi connectivity index (χ1n) is 9.91. The molecule has 1 aromatic heterocycles. The maximum atomic E-state index is 13.3. The van der Waals surface area contributed by atoms with E-state index in [0.29, 0.717) is 35.6 Å². The molecule has 156 valence electrons. The van der Waals surface area contributed by atoms with Crippen LogP contribution in [0, 0.1) is 39.5 Å². The first-order chi connectivity index (χ1) is 13.7. The molecule has 3 heterocycles. The molecule has 0 bridgehead atoms. The van der Waals surface area contributed by atoms with Gasteiger partial charge in [-0.3, -0.25) is 0 Å². The van der Waals surface area contributed by atoms with E-state index in [9.17, 15) is 8.42 Å². The summed E-state index contributed by atoms with van der Waals surface area (Å²) in [6, 6.07) is 3.54. The zero-order valence-electron chi connectivity index (χ0n) is 17.6. The maximum Gasteiger partial charge on any atom is 0.243 e. The van der Waals surface area contributed by atoms with Gasteiger partial charge in [0.2, 0.25) is 10.0 Å². The Bertz CT molecular complexity index is 1040. The number of hydrogen-bond donors (Lipinski definition) is 0. The molecule has 0 amide bonds. The van der Waals surface area contributed by atoms with Crippen LogP contribution in [0.15, 0.2) is 23.4 Å². The summed E-state index contributed by atoms with van der Waals surface area (Å²) >= 11 is 0. The Morgan fingerprint density at radius 1 is 0.966 bits per heavy atom. The van der Waals surface area contributed by atoms with E-state index in [1.54, 1.807) is 29.9 Å². The molecule has 0 spiro atoms. The van der Waals surface area contributed by atoms with Crippen LogP contribution < -0.4 is 9.64 Å². The number of hydrogen-bond acceptors (Lipinski definition) is 6. The number of benzene rings is 1. The third-order valence-corrected chi connectivity index (χ3v) is 8.35. The molecular formula is C21H28N4O3S. The fraction of sp³-hybridized carbons (Fsp3) is 0.524. The first kappa shape index (κ1) is 20.1. The lowest BCUT2D eigenvalue weighted by Gasteiger charge is -2.24. The number of aryl methyl sites for hydroxylation is 3. The minimum atomic E-state index is -3.52. The molecule has 1 aromatic carbocycles. The minimum absolute atomic E-state index is 0.319. The van der Waals surface area contributed by atoms with E-state index in [0.717, 1.165) is 41.3 Å². The standard InChI is InChI=1S/C21H28N4O3S/c1-13-7-20(14(2)6-19(13)28-5)29(26,27)25-10-17-8-24(9-18(17)11-25)21-15(3)16(4)22-12-23-21/h6-7,12,17-18H,8-11H2,1-5H3. The predicted octanol–water partition coefficient (Wildman–Crippen LogP) is 2.48. The van der Waals surface area contributed by atoms with Gasteiger partial charge >= 0.3 is 0 Å². The Morgan fingerprint density at radius 2 is 1.62 bits per heavy atom. The summed E-state index contributed by atoms with van der Waals surface area (Å²) in [6.45, 7) is 10.5. The number of rotatable bonds is 4. The highest BCUT2D eigenvalue weighted by molar-refractivity contribution is 7.89. The number of anilines is 1. The monoisotopic (exact) mass is 416 g/mol. The molecule has 2 saturated heterocycles.